The molecule has 0 bridgehead atoms. The number of hydrogen-bond donors (Lipinski definition) is 1. The summed E-state index contributed by atoms with van der Waals surface area (Å²) in [5, 5.41) is 3.36. The summed E-state index contributed by atoms with van der Waals surface area (Å²) in [6, 6.07) is 11.2. The fourth-order valence-electron chi connectivity index (χ4n) is 3.87. The van der Waals surface area contributed by atoms with Crippen LogP contribution in [0.15, 0.2) is 36.4 Å². The standard InChI is InChI=1S/C21H21ClN2O3/c1-27-19-8-6-16(22)11-18(19)23-21(26)15-10-20(25)24(12-15)17-7-5-13-3-2-4-14(13)9-17/h5-9,11,15H,2-4,10,12H2,1H3,(H,23,26). The molecule has 1 N–H and O–H groups in total. The van der Waals surface area contributed by atoms with E-state index in [9.17, 15) is 9.59 Å². The zero-order valence-electron chi connectivity index (χ0n) is 15.1. The Bertz CT molecular complexity index is 912. The van der Waals surface area contributed by atoms with Gasteiger partial charge in [-0.25, -0.2) is 0 Å². The maximum Gasteiger partial charge on any atom is 0.229 e. The van der Waals surface area contributed by atoms with Crippen molar-refractivity contribution in [3.63, 3.8) is 0 Å². The van der Waals surface area contributed by atoms with Crippen LogP contribution in [0.3, 0.4) is 0 Å². The molecule has 27 heavy (non-hydrogen) atoms. The van der Waals surface area contributed by atoms with Crippen molar-refractivity contribution in [1.82, 2.24) is 0 Å². The van der Waals surface area contributed by atoms with Crippen LogP contribution < -0.4 is 15.0 Å². The topological polar surface area (TPSA) is 58.6 Å². The first-order chi connectivity index (χ1) is 13.0. The van der Waals surface area contributed by atoms with E-state index < -0.39 is 5.92 Å². The number of carbonyl (C=O) groups excluding carboxylic acids is 2. The van der Waals surface area contributed by atoms with Gasteiger partial charge in [-0.05, 0) is 60.7 Å². The molecule has 0 radical (unpaired) electrons. The lowest BCUT2D eigenvalue weighted by molar-refractivity contribution is -0.122. The number of benzene rings is 2. The van der Waals surface area contributed by atoms with Gasteiger partial charge >= 0.3 is 0 Å². The summed E-state index contributed by atoms with van der Waals surface area (Å²) in [6.07, 6.45) is 3.53. The SMILES string of the molecule is COc1ccc(Cl)cc1NC(=O)C1CC(=O)N(c2ccc3c(c2)CCC3)C1. The first-order valence-corrected chi connectivity index (χ1v) is 9.49. The Morgan fingerprint density at radius 1 is 1.19 bits per heavy atom. The minimum Gasteiger partial charge on any atom is -0.495 e. The molecule has 0 saturated carbocycles. The molecule has 5 nitrogen and oxygen atoms in total. The van der Waals surface area contributed by atoms with Crippen molar-refractivity contribution in [2.75, 3.05) is 23.9 Å². The molecule has 1 atom stereocenters. The van der Waals surface area contributed by atoms with Crippen molar-refractivity contribution in [1.29, 1.82) is 0 Å². The molecule has 4 rings (SSSR count). The van der Waals surface area contributed by atoms with E-state index in [1.54, 1.807) is 23.1 Å². The summed E-state index contributed by atoms with van der Waals surface area (Å²) in [4.78, 5) is 27.0. The molecule has 140 valence electrons. The third kappa shape index (κ3) is 3.52. The van der Waals surface area contributed by atoms with Crippen molar-refractivity contribution in [2.24, 2.45) is 5.92 Å². The molecular formula is C21H21ClN2O3. The van der Waals surface area contributed by atoms with Gasteiger partial charge in [0.15, 0.2) is 0 Å². The number of carbonyl (C=O) groups is 2. The first-order valence-electron chi connectivity index (χ1n) is 9.11. The Morgan fingerprint density at radius 3 is 2.81 bits per heavy atom. The smallest absolute Gasteiger partial charge is 0.229 e. The number of ether oxygens (including phenoxy) is 1. The molecule has 1 aliphatic carbocycles. The largest absolute Gasteiger partial charge is 0.495 e. The fraction of sp³-hybridized carbons (Fsp3) is 0.333. The second-order valence-corrected chi connectivity index (χ2v) is 7.48. The van der Waals surface area contributed by atoms with Crippen LogP contribution in [0.25, 0.3) is 0 Å². The number of halogens is 1. The maximum absolute atomic E-state index is 12.7. The van der Waals surface area contributed by atoms with Gasteiger partial charge in [0.2, 0.25) is 11.8 Å². The third-order valence-corrected chi connectivity index (χ3v) is 5.54. The number of fused-ring (bicyclic) bond motifs is 1. The second-order valence-electron chi connectivity index (χ2n) is 7.05. The number of nitrogens with zero attached hydrogens (tertiary/aromatic N) is 1. The van der Waals surface area contributed by atoms with Gasteiger partial charge in [0.25, 0.3) is 0 Å². The number of amides is 2. The minimum absolute atomic E-state index is 0.0221. The van der Waals surface area contributed by atoms with Crippen molar-refractivity contribution in [3.05, 3.63) is 52.5 Å². The molecule has 2 amide bonds. The zero-order chi connectivity index (χ0) is 19.0. The highest BCUT2D eigenvalue weighted by Gasteiger charge is 2.35. The Labute approximate surface area is 163 Å². The number of methoxy groups -OCH3 is 1. The highest BCUT2D eigenvalue weighted by Crippen LogP contribution is 2.32. The molecule has 1 fully saturated rings. The van der Waals surface area contributed by atoms with E-state index in [0.717, 1.165) is 18.5 Å². The summed E-state index contributed by atoms with van der Waals surface area (Å²) in [5.74, 6) is -0.0965. The van der Waals surface area contributed by atoms with Crippen molar-refractivity contribution >= 4 is 34.8 Å². The van der Waals surface area contributed by atoms with Gasteiger partial charge in [-0.2, -0.15) is 0 Å². The summed E-state index contributed by atoms with van der Waals surface area (Å²) >= 11 is 6.02. The molecule has 1 aliphatic heterocycles. The van der Waals surface area contributed by atoms with Gasteiger partial charge in [0.05, 0.1) is 18.7 Å². The number of hydrogen-bond acceptors (Lipinski definition) is 3. The van der Waals surface area contributed by atoms with E-state index in [2.05, 4.69) is 17.4 Å². The first kappa shape index (κ1) is 17.9. The van der Waals surface area contributed by atoms with Gasteiger partial charge in [0.1, 0.15) is 5.75 Å². The lowest BCUT2D eigenvalue weighted by Gasteiger charge is -2.18. The Balaban J connectivity index is 1.49. The predicted molar refractivity (Wildman–Crippen MR) is 106 cm³/mol. The van der Waals surface area contributed by atoms with Crippen LogP contribution in [-0.2, 0) is 22.4 Å². The number of rotatable bonds is 4. The van der Waals surface area contributed by atoms with E-state index in [0.29, 0.717) is 23.0 Å². The normalized spacial score (nSPS) is 18.5. The molecule has 2 aromatic rings. The monoisotopic (exact) mass is 384 g/mol. The Hall–Kier alpha value is -2.53. The molecule has 6 heteroatoms. The van der Waals surface area contributed by atoms with Crippen LogP contribution in [0.4, 0.5) is 11.4 Å². The Kier molecular flexibility index (Phi) is 4.79. The predicted octanol–water partition coefficient (Wildman–Crippen LogP) is 3.83. The van der Waals surface area contributed by atoms with Gasteiger partial charge < -0.3 is 15.0 Å². The van der Waals surface area contributed by atoms with Crippen molar-refractivity contribution in [3.8, 4) is 5.75 Å². The van der Waals surface area contributed by atoms with Crippen LogP contribution in [0.2, 0.25) is 5.02 Å². The molecule has 1 saturated heterocycles. The van der Waals surface area contributed by atoms with Crippen LogP contribution in [0.5, 0.6) is 5.75 Å². The average molecular weight is 385 g/mol. The number of nitrogens with one attached hydrogen (secondary N) is 1. The summed E-state index contributed by atoms with van der Waals surface area (Å²) in [7, 11) is 1.54. The molecule has 0 aromatic heterocycles. The van der Waals surface area contributed by atoms with Crippen LogP contribution in [0, 0.1) is 5.92 Å². The summed E-state index contributed by atoms with van der Waals surface area (Å²) in [5.41, 5.74) is 4.08. The highest BCUT2D eigenvalue weighted by molar-refractivity contribution is 6.31. The van der Waals surface area contributed by atoms with Gasteiger partial charge in [-0.3, -0.25) is 9.59 Å². The minimum atomic E-state index is -0.408. The third-order valence-electron chi connectivity index (χ3n) is 5.31. The van der Waals surface area contributed by atoms with E-state index >= 15 is 0 Å². The number of anilines is 2. The molecule has 1 unspecified atom stereocenters. The lowest BCUT2D eigenvalue weighted by atomic mass is 10.1. The Morgan fingerprint density at radius 2 is 2.00 bits per heavy atom. The van der Waals surface area contributed by atoms with Crippen molar-refractivity contribution in [2.45, 2.75) is 25.7 Å². The van der Waals surface area contributed by atoms with Crippen LogP contribution in [-0.4, -0.2) is 25.5 Å². The molecule has 2 aliphatic rings. The maximum atomic E-state index is 12.7. The molecule has 2 aromatic carbocycles. The van der Waals surface area contributed by atoms with Crippen LogP contribution in [0.1, 0.15) is 24.0 Å². The average Bonchev–Trinajstić information content (AvgIpc) is 3.27. The van der Waals surface area contributed by atoms with E-state index in [1.807, 2.05) is 6.07 Å². The van der Waals surface area contributed by atoms with E-state index in [4.69, 9.17) is 16.3 Å². The molecular weight excluding hydrogens is 364 g/mol. The zero-order valence-corrected chi connectivity index (χ0v) is 15.9. The summed E-state index contributed by atoms with van der Waals surface area (Å²) in [6.45, 7) is 0.381. The van der Waals surface area contributed by atoms with Crippen LogP contribution >= 0.6 is 11.6 Å². The quantitative estimate of drug-likeness (QED) is 0.871. The summed E-state index contributed by atoms with van der Waals surface area (Å²) < 4.78 is 5.27. The van der Waals surface area contributed by atoms with Gasteiger partial charge in [-0.15, -0.1) is 0 Å². The fourth-order valence-corrected chi connectivity index (χ4v) is 4.04. The number of aryl methyl sites for hydroxylation is 2. The lowest BCUT2D eigenvalue weighted by Crippen LogP contribution is -2.28. The van der Waals surface area contributed by atoms with E-state index in [1.165, 1.54) is 24.7 Å². The van der Waals surface area contributed by atoms with Gasteiger partial charge in [0, 0.05) is 23.7 Å². The second kappa shape index (κ2) is 7.24. The van der Waals surface area contributed by atoms with Crippen molar-refractivity contribution < 1.29 is 14.3 Å². The van der Waals surface area contributed by atoms with E-state index in [-0.39, 0.29) is 18.2 Å². The molecule has 1 heterocycles. The highest BCUT2D eigenvalue weighted by atomic mass is 35.5. The molecule has 0 spiro atoms. The van der Waals surface area contributed by atoms with Gasteiger partial charge in [-0.1, -0.05) is 17.7 Å².